The number of halogens is 1. The number of phenolic OH excluding ortho intramolecular Hbond substituents is 1. The van der Waals surface area contributed by atoms with Gasteiger partial charge in [0.1, 0.15) is 9.96 Å². The second-order valence-corrected chi connectivity index (χ2v) is 7.60. The topological polar surface area (TPSA) is 110 Å². The highest BCUT2D eigenvalue weighted by molar-refractivity contribution is 7.94. The molecule has 0 saturated carbocycles. The maximum Gasteiger partial charge on any atom is 0.300 e. The number of anilines is 1. The van der Waals surface area contributed by atoms with Crippen molar-refractivity contribution in [3.05, 3.63) is 44.3 Å². The number of rotatable bonds is 4. The molecular formula is C11H9ClN2O5S2. The summed E-state index contributed by atoms with van der Waals surface area (Å²) in [6, 6.07) is 5.26. The van der Waals surface area contributed by atoms with Crippen molar-refractivity contribution in [1.29, 1.82) is 0 Å². The number of thiophene rings is 1. The van der Waals surface area contributed by atoms with Crippen LogP contribution in [0.4, 0.5) is 11.4 Å². The Balaban J connectivity index is 2.41. The Hall–Kier alpha value is -1.84. The lowest BCUT2D eigenvalue weighted by molar-refractivity contribution is -0.384. The summed E-state index contributed by atoms with van der Waals surface area (Å²) >= 11 is 6.24. The Labute approximate surface area is 129 Å². The lowest BCUT2D eigenvalue weighted by Gasteiger charge is -2.09. The predicted molar refractivity (Wildman–Crippen MR) is 79.6 cm³/mol. The van der Waals surface area contributed by atoms with Gasteiger partial charge in [0, 0.05) is 11.6 Å². The fourth-order valence-electron chi connectivity index (χ4n) is 1.52. The number of hydrogen-bond donors (Lipinski definition) is 2. The van der Waals surface area contributed by atoms with E-state index in [1.165, 1.54) is 25.1 Å². The highest BCUT2D eigenvalue weighted by Crippen LogP contribution is 2.37. The molecule has 0 radical (unpaired) electrons. The van der Waals surface area contributed by atoms with Crippen LogP contribution >= 0.6 is 22.9 Å². The monoisotopic (exact) mass is 348 g/mol. The molecule has 0 amide bonds. The fourth-order valence-corrected chi connectivity index (χ4v) is 4.31. The number of nitrogens with zero attached hydrogens (tertiary/aromatic N) is 1. The quantitative estimate of drug-likeness (QED) is 0.651. The summed E-state index contributed by atoms with van der Waals surface area (Å²) < 4.78 is 26.2. The van der Waals surface area contributed by atoms with E-state index in [1.54, 1.807) is 0 Å². The van der Waals surface area contributed by atoms with Gasteiger partial charge in [-0.25, -0.2) is 8.42 Å². The van der Waals surface area contributed by atoms with Gasteiger partial charge in [-0.05, 0) is 19.1 Å². The predicted octanol–water partition coefficient (Wildman–Crippen LogP) is 3.12. The van der Waals surface area contributed by atoms with E-state index >= 15 is 0 Å². The first kappa shape index (κ1) is 15.5. The molecule has 0 aliphatic heterocycles. The van der Waals surface area contributed by atoms with E-state index in [9.17, 15) is 23.6 Å². The lowest BCUT2D eigenvalue weighted by atomic mass is 10.2. The van der Waals surface area contributed by atoms with Crippen molar-refractivity contribution in [2.24, 2.45) is 0 Å². The molecule has 0 aliphatic rings. The average Bonchev–Trinajstić information content (AvgIpc) is 2.78. The number of sulfonamides is 1. The van der Waals surface area contributed by atoms with Crippen LogP contribution in [-0.4, -0.2) is 18.4 Å². The van der Waals surface area contributed by atoms with Crippen LogP contribution < -0.4 is 4.72 Å². The minimum Gasteiger partial charge on any atom is -0.508 e. The first-order valence-electron chi connectivity index (χ1n) is 5.47. The van der Waals surface area contributed by atoms with Crippen LogP contribution in [0, 0.1) is 17.0 Å². The highest BCUT2D eigenvalue weighted by Gasteiger charge is 2.25. The van der Waals surface area contributed by atoms with Crippen molar-refractivity contribution in [2.75, 3.05) is 4.72 Å². The zero-order valence-corrected chi connectivity index (χ0v) is 12.9. The van der Waals surface area contributed by atoms with E-state index < -0.39 is 20.6 Å². The molecule has 10 heteroatoms. The van der Waals surface area contributed by atoms with Crippen molar-refractivity contribution in [2.45, 2.75) is 11.1 Å². The minimum absolute atomic E-state index is 0.0645. The molecule has 7 nitrogen and oxygen atoms in total. The van der Waals surface area contributed by atoms with Gasteiger partial charge in [-0.1, -0.05) is 17.7 Å². The lowest BCUT2D eigenvalue weighted by Crippen LogP contribution is -2.12. The second kappa shape index (κ2) is 5.51. The SMILES string of the molecule is Cc1c(O)cccc1NS(=O)(=O)c1cc([N+](=O)[O-])c(Cl)s1. The summed E-state index contributed by atoms with van der Waals surface area (Å²) in [5, 5.41) is 20.2. The summed E-state index contributed by atoms with van der Waals surface area (Å²) in [7, 11) is -4.02. The Morgan fingerprint density at radius 1 is 1.43 bits per heavy atom. The van der Waals surface area contributed by atoms with Crippen LogP contribution in [0.25, 0.3) is 0 Å². The molecule has 21 heavy (non-hydrogen) atoms. The van der Waals surface area contributed by atoms with Crippen LogP contribution in [-0.2, 0) is 10.0 Å². The van der Waals surface area contributed by atoms with Gasteiger partial charge in [0.2, 0.25) is 0 Å². The molecule has 2 N–H and O–H groups in total. The molecule has 1 aromatic heterocycles. The largest absolute Gasteiger partial charge is 0.508 e. The van der Waals surface area contributed by atoms with Crippen molar-refractivity contribution < 1.29 is 18.4 Å². The molecule has 0 fully saturated rings. The van der Waals surface area contributed by atoms with Gasteiger partial charge in [0.05, 0.1) is 10.6 Å². The summed E-state index contributed by atoms with van der Waals surface area (Å²) in [6.07, 6.45) is 0. The zero-order chi connectivity index (χ0) is 15.8. The third kappa shape index (κ3) is 3.09. The Bertz CT molecular complexity index is 816. The Morgan fingerprint density at radius 3 is 2.67 bits per heavy atom. The maximum absolute atomic E-state index is 12.2. The van der Waals surface area contributed by atoms with Crippen molar-refractivity contribution in [1.82, 2.24) is 0 Å². The molecule has 112 valence electrons. The Kier molecular flexibility index (Phi) is 4.08. The molecule has 0 bridgehead atoms. The van der Waals surface area contributed by atoms with Crippen LogP contribution in [0.5, 0.6) is 5.75 Å². The second-order valence-electron chi connectivity index (χ2n) is 4.04. The molecule has 1 aromatic carbocycles. The third-order valence-electron chi connectivity index (χ3n) is 2.66. The van der Waals surface area contributed by atoms with Crippen LogP contribution in [0.15, 0.2) is 28.5 Å². The smallest absolute Gasteiger partial charge is 0.300 e. The number of aromatic hydroxyl groups is 1. The van der Waals surface area contributed by atoms with E-state index in [0.717, 1.165) is 6.07 Å². The standard InChI is InChI=1S/C11H9ClN2O5S2/c1-6-7(3-2-4-9(6)15)13-21(18,19)10-5-8(14(16)17)11(12)20-10/h2-5,13,15H,1H3. The first-order valence-corrected chi connectivity index (χ1v) is 8.15. The van der Waals surface area contributed by atoms with Gasteiger partial charge in [0.25, 0.3) is 15.7 Å². The van der Waals surface area contributed by atoms with Gasteiger partial charge in [-0.2, -0.15) is 0 Å². The first-order chi connectivity index (χ1) is 9.72. The normalized spacial score (nSPS) is 11.3. The number of nitro groups is 1. The molecule has 0 aliphatic carbocycles. The molecular weight excluding hydrogens is 340 g/mol. The molecule has 2 rings (SSSR count). The van der Waals surface area contributed by atoms with E-state index in [1.807, 2.05) is 0 Å². The van der Waals surface area contributed by atoms with E-state index in [2.05, 4.69) is 4.72 Å². The van der Waals surface area contributed by atoms with Gasteiger partial charge < -0.3 is 5.11 Å². The van der Waals surface area contributed by atoms with Gasteiger partial charge >= 0.3 is 0 Å². The van der Waals surface area contributed by atoms with E-state index in [-0.39, 0.29) is 20.0 Å². The van der Waals surface area contributed by atoms with Gasteiger partial charge in [0.15, 0.2) is 4.34 Å². The van der Waals surface area contributed by atoms with Crippen LogP contribution in [0.1, 0.15) is 5.56 Å². The molecule has 0 spiro atoms. The fraction of sp³-hybridized carbons (Fsp3) is 0.0909. The molecule has 0 atom stereocenters. The number of hydrogen-bond acceptors (Lipinski definition) is 6. The molecule has 1 heterocycles. The summed E-state index contributed by atoms with van der Waals surface area (Å²) in [5.74, 6) is -0.0645. The van der Waals surface area contributed by atoms with Crippen molar-refractivity contribution in [3.8, 4) is 5.75 Å². The van der Waals surface area contributed by atoms with Gasteiger partial charge in [-0.15, -0.1) is 11.3 Å². The van der Waals surface area contributed by atoms with Crippen LogP contribution in [0.2, 0.25) is 4.34 Å². The highest BCUT2D eigenvalue weighted by atomic mass is 35.5. The average molecular weight is 349 g/mol. The van der Waals surface area contributed by atoms with Crippen molar-refractivity contribution in [3.63, 3.8) is 0 Å². The Morgan fingerprint density at radius 2 is 2.10 bits per heavy atom. The molecule has 0 unspecified atom stereocenters. The van der Waals surface area contributed by atoms with E-state index in [4.69, 9.17) is 11.6 Å². The number of benzene rings is 1. The van der Waals surface area contributed by atoms with Gasteiger partial charge in [-0.3, -0.25) is 14.8 Å². The number of nitrogens with one attached hydrogen (secondary N) is 1. The molecule has 0 saturated heterocycles. The van der Waals surface area contributed by atoms with E-state index in [0.29, 0.717) is 16.9 Å². The summed E-state index contributed by atoms with van der Waals surface area (Å²) in [4.78, 5) is 9.95. The van der Waals surface area contributed by atoms with Crippen LogP contribution in [0.3, 0.4) is 0 Å². The minimum atomic E-state index is -4.02. The van der Waals surface area contributed by atoms with Crippen molar-refractivity contribution >= 4 is 44.3 Å². The summed E-state index contributed by atoms with van der Waals surface area (Å²) in [5.41, 5.74) is 0.0649. The number of phenols is 1. The zero-order valence-electron chi connectivity index (χ0n) is 10.5. The third-order valence-corrected chi connectivity index (χ3v) is 5.83. The molecule has 2 aromatic rings. The summed E-state index contributed by atoms with van der Waals surface area (Å²) in [6.45, 7) is 1.54. The maximum atomic E-state index is 12.2.